The van der Waals surface area contributed by atoms with E-state index in [0.717, 1.165) is 38.8 Å². The van der Waals surface area contributed by atoms with E-state index < -0.39 is 0 Å². The number of nitrogens with zero attached hydrogens (tertiary/aromatic N) is 3. The zero-order valence-corrected chi connectivity index (χ0v) is 14.2. The van der Waals surface area contributed by atoms with Crippen LogP contribution in [0.15, 0.2) is 18.2 Å². The standard InChI is InChI=1S/C19H24FN3O/c1-22(19(24)15-4-2-5-15)17-6-3-9-23(13-17)12-16-8-7-14(11-21)10-18(16)20/h7-8,10,15,17H,2-6,9,12-13H2,1H3. The van der Waals surface area contributed by atoms with Gasteiger partial charge in [0.1, 0.15) is 5.82 Å². The van der Waals surface area contributed by atoms with E-state index in [1.807, 2.05) is 18.0 Å². The van der Waals surface area contributed by atoms with Crippen LogP contribution in [-0.2, 0) is 11.3 Å². The molecule has 0 spiro atoms. The summed E-state index contributed by atoms with van der Waals surface area (Å²) in [6, 6.07) is 6.82. The number of rotatable bonds is 4. The summed E-state index contributed by atoms with van der Waals surface area (Å²) in [6.07, 6.45) is 5.25. The van der Waals surface area contributed by atoms with Crippen molar-refractivity contribution in [1.29, 1.82) is 5.26 Å². The van der Waals surface area contributed by atoms with E-state index in [-0.39, 0.29) is 23.7 Å². The summed E-state index contributed by atoms with van der Waals surface area (Å²) in [4.78, 5) is 16.6. The second-order valence-corrected chi connectivity index (χ2v) is 7.03. The fourth-order valence-electron chi connectivity index (χ4n) is 3.60. The molecular formula is C19H24FN3O. The van der Waals surface area contributed by atoms with Gasteiger partial charge in [0.2, 0.25) is 5.91 Å². The van der Waals surface area contributed by atoms with Gasteiger partial charge in [-0.15, -0.1) is 0 Å². The Labute approximate surface area is 142 Å². The summed E-state index contributed by atoms with van der Waals surface area (Å²) >= 11 is 0. The molecule has 128 valence electrons. The highest BCUT2D eigenvalue weighted by molar-refractivity contribution is 5.79. The Balaban J connectivity index is 1.61. The zero-order valence-electron chi connectivity index (χ0n) is 14.2. The second-order valence-electron chi connectivity index (χ2n) is 7.03. The normalized spacial score (nSPS) is 21.8. The van der Waals surface area contributed by atoms with Gasteiger partial charge in [-0.2, -0.15) is 5.26 Å². The topological polar surface area (TPSA) is 47.3 Å². The molecule has 1 amide bonds. The first kappa shape index (κ1) is 16.9. The highest BCUT2D eigenvalue weighted by atomic mass is 19.1. The highest BCUT2D eigenvalue weighted by Gasteiger charge is 2.32. The van der Waals surface area contributed by atoms with Crippen LogP contribution in [0.1, 0.15) is 43.2 Å². The molecular weight excluding hydrogens is 305 g/mol. The van der Waals surface area contributed by atoms with E-state index in [9.17, 15) is 9.18 Å². The molecule has 5 heteroatoms. The molecule has 0 bridgehead atoms. The van der Waals surface area contributed by atoms with Gasteiger partial charge in [0, 0.05) is 37.7 Å². The zero-order chi connectivity index (χ0) is 17.1. The fourth-order valence-corrected chi connectivity index (χ4v) is 3.60. The van der Waals surface area contributed by atoms with Crippen LogP contribution in [0.2, 0.25) is 0 Å². The number of likely N-dealkylation sites (tertiary alicyclic amines) is 1. The van der Waals surface area contributed by atoms with Crippen molar-refractivity contribution in [2.45, 2.75) is 44.7 Å². The van der Waals surface area contributed by atoms with Crippen LogP contribution >= 0.6 is 0 Å². The van der Waals surface area contributed by atoms with Gasteiger partial charge in [0.25, 0.3) is 0 Å². The van der Waals surface area contributed by atoms with Gasteiger partial charge >= 0.3 is 0 Å². The summed E-state index contributed by atoms with van der Waals surface area (Å²) in [6.45, 7) is 2.23. The minimum atomic E-state index is -0.324. The molecule has 2 fully saturated rings. The van der Waals surface area contributed by atoms with Gasteiger partial charge in [0.15, 0.2) is 0 Å². The number of carbonyl (C=O) groups is 1. The van der Waals surface area contributed by atoms with Gasteiger partial charge in [-0.3, -0.25) is 9.69 Å². The van der Waals surface area contributed by atoms with E-state index in [1.54, 1.807) is 12.1 Å². The average Bonchev–Trinajstić information content (AvgIpc) is 2.54. The number of carbonyl (C=O) groups excluding carboxylic acids is 1. The van der Waals surface area contributed by atoms with Gasteiger partial charge < -0.3 is 4.90 Å². The number of piperidine rings is 1. The van der Waals surface area contributed by atoms with Crippen molar-refractivity contribution in [3.63, 3.8) is 0 Å². The molecule has 1 atom stereocenters. The van der Waals surface area contributed by atoms with Crippen LogP contribution < -0.4 is 0 Å². The number of likely N-dealkylation sites (N-methyl/N-ethyl adjacent to an activating group) is 1. The van der Waals surface area contributed by atoms with Crippen molar-refractivity contribution in [2.24, 2.45) is 5.92 Å². The molecule has 3 rings (SSSR count). The number of halogens is 1. The van der Waals surface area contributed by atoms with Gasteiger partial charge in [-0.05, 0) is 44.4 Å². The number of hydrogen-bond donors (Lipinski definition) is 0. The number of nitriles is 1. The third-order valence-corrected chi connectivity index (χ3v) is 5.41. The van der Waals surface area contributed by atoms with E-state index in [1.165, 1.54) is 12.5 Å². The van der Waals surface area contributed by atoms with Crippen molar-refractivity contribution in [1.82, 2.24) is 9.80 Å². The third kappa shape index (κ3) is 3.59. The smallest absolute Gasteiger partial charge is 0.225 e. The molecule has 1 aromatic rings. The van der Waals surface area contributed by atoms with Crippen LogP contribution in [0, 0.1) is 23.1 Å². The Kier molecular flexibility index (Phi) is 5.15. The Morgan fingerprint density at radius 1 is 1.38 bits per heavy atom. The van der Waals surface area contributed by atoms with Crippen molar-refractivity contribution < 1.29 is 9.18 Å². The molecule has 1 saturated carbocycles. The van der Waals surface area contributed by atoms with Gasteiger partial charge in [-0.1, -0.05) is 12.5 Å². The minimum Gasteiger partial charge on any atom is -0.341 e. The summed E-state index contributed by atoms with van der Waals surface area (Å²) in [5, 5.41) is 8.83. The number of hydrogen-bond acceptors (Lipinski definition) is 3. The Bertz CT molecular complexity index is 651. The lowest BCUT2D eigenvalue weighted by molar-refractivity contribution is -0.140. The molecule has 1 aliphatic carbocycles. The first-order valence-electron chi connectivity index (χ1n) is 8.76. The molecule has 0 radical (unpaired) electrons. The lowest BCUT2D eigenvalue weighted by atomic mass is 9.84. The molecule has 4 nitrogen and oxygen atoms in total. The predicted molar refractivity (Wildman–Crippen MR) is 89.5 cm³/mol. The van der Waals surface area contributed by atoms with Crippen molar-refractivity contribution in [2.75, 3.05) is 20.1 Å². The largest absolute Gasteiger partial charge is 0.341 e. The van der Waals surface area contributed by atoms with E-state index in [4.69, 9.17) is 5.26 Å². The Hall–Kier alpha value is -1.93. The molecule has 1 saturated heterocycles. The maximum absolute atomic E-state index is 14.1. The first-order chi connectivity index (χ1) is 11.6. The average molecular weight is 329 g/mol. The molecule has 1 aliphatic heterocycles. The summed E-state index contributed by atoms with van der Waals surface area (Å²) < 4.78 is 14.1. The summed E-state index contributed by atoms with van der Waals surface area (Å²) in [7, 11) is 1.91. The molecule has 1 aromatic carbocycles. The van der Waals surface area contributed by atoms with E-state index in [2.05, 4.69) is 4.90 Å². The van der Waals surface area contributed by atoms with E-state index >= 15 is 0 Å². The van der Waals surface area contributed by atoms with Crippen molar-refractivity contribution >= 4 is 5.91 Å². The quantitative estimate of drug-likeness (QED) is 0.853. The minimum absolute atomic E-state index is 0.216. The van der Waals surface area contributed by atoms with Crippen LogP contribution in [0.25, 0.3) is 0 Å². The van der Waals surface area contributed by atoms with Gasteiger partial charge in [-0.25, -0.2) is 4.39 Å². The van der Waals surface area contributed by atoms with Crippen LogP contribution in [0.5, 0.6) is 0 Å². The third-order valence-electron chi connectivity index (χ3n) is 5.41. The van der Waals surface area contributed by atoms with Crippen LogP contribution in [-0.4, -0.2) is 41.9 Å². The molecule has 2 aliphatic rings. The second kappa shape index (κ2) is 7.31. The van der Waals surface area contributed by atoms with Crippen molar-refractivity contribution in [3.05, 3.63) is 35.1 Å². The number of amides is 1. The van der Waals surface area contributed by atoms with E-state index in [0.29, 0.717) is 17.7 Å². The predicted octanol–water partition coefficient (Wildman–Crippen LogP) is 2.92. The molecule has 1 unspecified atom stereocenters. The van der Waals surface area contributed by atoms with Crippen LogP contribution in [0.3, 0.4) is 0 Å². The summed E-state index contributed by atoms with van der Waals surface area (Å²) in [5.41, 5.74) is 0.959. The Morgan fingerprint density at radius 2 is 2.17 bits per heavy atom. The highest BCUT2D eigenvalue weighted by Crippen LogP contribution is 2.29. The summed E-state index contributed by atoms with van der Waals surface area (Å²) in [5.74, 6) is 0.175. The first-order valence-corrected chi connectivity index (χ1v) is 8.76. The molecule has 1 heterocycles. The van der Waals surface area contributed by atoms with Gasteiger partial charge in [0.05, 0.1) is 11.6 Å². The number of benzene rings is 1. The molecule has 24 heavy (non-hydrogen) atoms. The lowest BCUT2D eigenvalue weighted by Crippen LogP contribution is -2.50. The maximum atomic E-state index is 14.1. The SMILES string of the molecule is CN(C(=O)C1CCC1)C1CCCN(Cc2ccc(C#N)cc2F)C1. The monoisotopic (exact) mass is 329 g/mol. The maximum Gasteiger partial charge on any atom is 0.225 e. The Morgan fingerprint density at radius 3 is 2.79 bits per heavy atom. The van der Waals surface area contributed by atoms with Crippen LogP contribution in [0.4, 0.5) is 4.39 Å². The fraction of sp³-hybridized carbons (Fsp3) is 0.579. The molecule has 0 N–H and O–H groups in total. The lowest BCUT2D eigenvalue weighted by Gasteiger charge is -2.40. The van der Waals surface area contributed by atoms with Crippen molar-refractivity contribution in [3.8, 4) is 6.07 Å². The molecule has 0 aromatic heterocycles.